The van der Waals surface area contributed by atoms with Gasteiger partial charge in [0.1, 0.15) is 22.9 Å². The van der Waals surface area contributed by atoms with Gasteiger partial charge in [0, 0.05) is 48.4 Å². The highest BCUT2D eigenvalue weighted by Crippen LogP contribution is 2.37. The van der Waals surface area contributed by atoms with Gasteiger partial charge in [-0.25, -0.2) is 19.4 Å². The molecule has 2 aliphatic rings. The second kappa shape index (κ2) is 13.2. The maximum Gasteiger partial charge on any atom is 0.490 e. The van der Waals surface area contributed by atoms with E-state index in [9.17, 15) is 22.8 Å². The molecule has 1 unspecified atom stereocenters. The number of alkyl halides is 3. The summed E-state index contributed by atoms with van der Waals surface area (Å²) in [6.07, 6.45) is -0.0113. The zero-order chi connectivity index (χ0) is 33.9. The molecule has 0 aliphatic carbocycles. The number of nitrogens with two attached hydrogens (primary N) is 1. The van der Waals surface area contributed by atoms with E-state index >= 15 is 0 Å². The number of rotatable bonds is 6. The molecule has 5 heterocycles. The minimum absolute atomic E-state index is 0.0632. The molecule has 2 fully saturated rings. The van der Waals surface area contributed by atoms with Gasteiger partial charge in [-0.1, -0.05) is 0 Å². The lowest BCUT2D eigenvalue weighted by Crippen LogP contribution is -2.55. The summed E-state index contributed by atoms with van der Waals surface area (Å²) in [6.45, 7) is 4.24. The molecular formula is C31H32F3N7O6. The van der Waals surface area contributed by atoms with Crippen LogP contribution in [0.3, 0.4) is 0 Å². The molecule has 4 aromatic rings. The molecule has 4 N–H and O–H groups in total. The number of carboxylic acids is 1. The Labute approximate surface area is 266 Å². The average molecular weight is 656 g/mol. The molecule has 0 saturated carbocycles. The number of methoxy groups -OCH3 is 1. The van der Waals surface area contributed by atoms with Gasteiger partial charge < -0.3 is 30.5 Å². The maximum absolute atomic E-state index is 13.2. The van der Waals surface area contributed by atoms with E-state index in [1.807, 2.05) is 30.0 Å². The fourth-order valence-corrected chi connectivity index (χ4v) is 5.45. The first-order valence-corrected chi connectivity index (χ1v) is 14.5. The zero-order valence-electron chi connectivity index (χ0n) is 25.5. The maximum atomic E-state index is 13.2. The number of aromatic nitrogens is 4. The molecule has 1 atom stereocenters. The number of pyridine rings is 2. The number of ether oxygens (including phenoxy) is 2. The van der Waals surface area contributed by atoms with E-state index in [4.69, 9.17) is 30.2 Å². The highest BCUT2D eigenvalue weighted by Gasteiger charge is 2.45. The van der Waals surface area contributed by atoms with Crippen LogP contribution in [0.2, 0.25) is 0 Å². The normalized spacial score (nSPS) is 17.2. The number of carbonyl (C=O) groups excluding carboxylic acids is 2. The van der Waals surface area contributed by atoms with Crippen molar-refractivity contribution in [3.63, 3.8) is 0 Å². The largest absolute Gasteiger partial charge is 0.497 e. The van der Waals surface area contributed by atoms with Gasteiger partial charge in [0.25, 0.3) is 5.91 Å². The number of likely N-dealkylation sites (tertiary alicyclic amines) is 1. The summed E-state index contributed by atoms with van der Waals surface area (Å²) in [5, 5.41) is 15.8. The molecule has 3 aromatic heterocycles. The fraction of sp³-hybridized carbons (Fsp3) is 0.355. The lowest BCUT2D eigenvalue weighted by molar-refractivity contribution is -0.192. The minimum atomic E-state index is -5.08. The number of fused-ring (bicyclic) bond motifs is 1. The number of nitrogens with zero attached hydrogens (tertiary/aromatic N) is 5. The van der Waals surface area contributed by atoms with Crippen molar-refractivity contribution >= 4 is 40.3 Å². The Morgan fingerprint density at radius 2 is 1.79 bits per heavy atom. The van der Waals surface area contributed by atoms with Crippen LogP contribution in [-0.2, 0) is 14.3 Å². The topological polar surface area (TPSA) is 175 Å². The summed E-state index contributed by atoms with van der Waals surface area (Å²) >= 11 is 0. The van der Waals surface area contributed by atoms with Crippen molar-refractivity contribution in [1.29, 1.82) is 0 Å². The number of hydrogen-bond donors (Lipinski definition) is 3. The number of anilines is 2. The van der Waals surface area contributed by atoms with Crippen molar-refractivity contribution < 1.29 is 42.1 Å². The van der Waals surface area contributed by atoms with Crippen LogP contribution in [0.15, 0.2) is 54.9 Å². The van der Waals surface area contributed by atoms with E-state index in [0.29, 0.717) is 48.2 Å². The summed E-state index contributed by atoms with van der Waals surface area (Å²) in [7, 11) is 1.56. The van der Waals surface area contributed by atoms with Gasteiger partial charge in [0.05, 0.1) is 37.1 Å². The Morgan fingerprint density at radius 1 is 1.11 bits per heavy atom. The Hall–Kier alpha value is -5.25. The molecule has 2 aliphatic heterocycles. The van der Waals surface area contributed by atoms with Crippen LogP contribution in [0.4, 0.5) is 24.8 Å². The van der Waals surface area contributed by atoms with Crippen molar-refractivity contribution in [1.82, 2.24) is 24.6 Å². The Bertz CT molecular complexity index is 1790. The monoisotopic (exact) mass is 655 g/mol. The first-order valence-electron chi connectivity index (χ1n) is 14.5. The summed E-state index contributed by atoms with van der Waals surface area (Å²) in [5.74, 6) is -1.48. The summed E-state index contributed by atoms with van der Waals surface area (Å²) < 4.78 is 44.0. The molecule has 0 bridgehead atoms. The molecule has 0 radical (unpaired) electrons. The van der Waals surface area contributed by atoms with Crippen LogP contribution < -0.4 is 15.8 Å². The second-order valence-electron chi connectivity index (χ2n) is 11.4. The minimum Gasteiger partial charge on any atom is -0.497 e. The van der Waals surface area contributed by atoms with Crippen LogP contribution >= 0.6 is 0 Å². The van der Waals surface area contributed by atoms with Crippen molar-refractivity contribution in [3.8, 4) is 11.4 Å². The number of carboxylic acid groups (broad SMARTS) is 1. The molecular weight excluding hydrogens is 623 g/mol. The van der Waals surface area contributed by atoms with Crippen LogP contribution in [0.1, 0.15) is 41.7 Å². The summed E-state index contributed by atoms with van der Waals surface area (Å²) in [4.78, 5) is 45.4. The van der Waals surface area contributed by atoms with Gasteiger partial charge in [-0.15, -0.1) is 0 Å². The van der Waals surface area contributed by atoms with Gasteiger partial charge >= 0.3 is 12.1 Å². The molecule has 248 valence electrons. The SMILES string of the molecule is COc1ccnc(NC(=O)c2ccc(-n3nc(C4CCCN(C(=O)C5(C)COC5)C4)c4ccnc(N)c43)cc2)c1.O=C(O)C(F)(F)F. The van der Waals surface area contributed by atoms with E-state index in [-0.39, 0.29) is 17.7 Å². The highest BCUT2D eigenvalue weighted by molar-refractivity contribution is 6.04. The van der Waals surface area contributed by atoms with Crippen molar-refractivity contribution in [2.45, 2.75) is 31.9 Å². The number of hydrogen-bond acceptors (Lipinski definition) is 9. The van der Waals surface area contributed by atoms with Gasteiger partial charge in [-0.2, -0.15) is 18.3 Å². The lowest BCUT2D eigenvalue weighted by atomic mass is 9.85. The van der Waals surface area contributed by atoms with Gasteiger partial charge in [0.2, 0.25) is 5.91 Å². The van der Waals surface area contributed by atoms with Crippen molar-refractivity contribution in [2.75, 3.05) is 44.5 Å². The fourth-order valence-electron chi connectivity index (χ4n) is 5.45. The first kappa shape index (κ1) is 33.1. The number of nitrogens with one attached hydrogen (secondary N) is 1. The van der Waals surface area contributed by atoms with E-state index in [1.165, 1.54) is 0 Å². The molecule has 2 amide bonds. The number of aliphatic carboxylic acids is 1. The second-order valence-corrected chi connectivity index (χ2v) is 11.4. The van der Waals surface area contributed by atoms with Gasteiger partial charge in [-0.05, 0) is 56.2 Å². The van der Waals surface area contributed by atoms with Gasteiger partial charge in [0.15, 0.2) is 0 Å². The smallest absolute Gasteiger partial charge is 0.490 e. The number of benzene rings is 1. The van der Waals surface area contributed by atoms with Crippen LogP contribution in [-0.4, -0.2) is 87.1 Å². The number of carbonyl (C=O) groups is 3. The van der Waals surface area contributed by atoms with Crippen molar-refractivity contribution in [2.24, 2.45) is 5.41 Å². The zero-order valence-corrected chi connectivity index (χ0v) is 25.5. The Kier molecular flexibility index (Phi) is 9.33. The molecule has 1 aromatic carbocycles. The number of amides is 2. The number of piperidine rings is 1. The van der Waals surface area contributed by atoms with Crippen LogP contribution in [0, 0.1) is 5.41 Å². The summed E-state index contributed by atoms with van der Waals surface area (Å²) in [6, 6.07) is 12.4. The molecule has 13 nitrogen and oxygen atoms in total. The third-order valence-electron chi connectivity index (χ3n) is 7.93. The van der Waals surface area contributed by atoms with E-state index in [1.54, 1.807) is 48.5 Å². The van der Waals surface area contributed by atoms with Crippen LogP contribution in [0.5, 0.6) is 5.75 Å². The predicted molar refractivity (Wildman–Crippen MR) is 163 cm³/mol. The highest BCUT2D eigenvalue weighted by atomic mass is 19.4. The quantitative estimate of drug-likeness (QED) is 0.275. The Morgan fingerprint density at radius 3 is 2.40 bits per heavy atom. The van der Waals surface area contributed by atoms with Gasteiger partial charge in [-0.3, -0.25) is 9.59 Å². The third-order valence-corrected chi connectivity index (χ3v) is 7.93. The summed E-state index contributed by atoms with van der Waals surface area (Å²) in [5.41, 5.74) is 8.72. The third kappa shape index (κ3) is 7.11. The molecule has 0 spiro atoms. The number of nitrogen functional groups attached to an aromatic ring is 1. The van der Waals surface area contributed by atoms with Crippen molar-refractivity contribution in [3.05, 3.63) is 66.1 Å². The van der Waals surface area contributed by atoms with Crippen LogP contribution in [0.25, 0.3) is 16.6 Å². The van der Waals surface area contributed by atoms with E-state index in [0.717, 1.165) is 36.2 Å². The van der Waals surface area contributed by atoms with E-state index in [2.05, 4.69) is 15.3 Å². The first-order chi connectivity index (χ1) is 22.3. The molecule has 16 heteroatoms. The number of halogens is 3. The Balaban J connectivity index is 0.000000559. The predicted octanol–water partition coefficient (Wildman–Crippen LogP) is 4.03. The van der Waals surface area contributed by atoms with E-state index < -0.39 is 17.6 Å². The molecule has 2 saturated heterocycles. The molecule has 47 heavy (non-hydrogen) atoms. The average Bonchev–Trinajstić information content (AvgIpc) is 3.44. The molecule has 6 rings (SSSR count). The lowest BCUT2D eigenvalue weighted by Gasteiger charge is -2.42. The standard InChI is InChI=1S/C29H31N7O4.C2HF3O2/c1-29(16-40-17-29)28(38)35-13-3-4-19(15-35)24-22-10-12-32-26(30)25(22)36(34-24)20-7-5-18(6-8-20)27(37)33-23-14-21(39-2)9-11-31-23;3-2(4,5)1(6)7/h5-12,14,19H,3-4,13,15-17H2,1-2H3,(H2,30,32)(H,31,33,37);(H,6,7).